The van der Waals surface area contributed by atoms with Gasteiger partial charge in [0.1, 0.15) is 12.6 Å². The molecular weight excluding hydrogens is 486 g/mol. The second-order valence-corrected chi connectivity index (χ2v) is 9.14. The number of H-pyrrole nitrogens is 1. The third-order valence-electron chi connectivity index (χ3n) is 6.77. The lowest BCUT2D eigenvalue weighted by Crippen LogP contribution is -2.44. The molecule has 0 bridgehead atoms. The maximum absolute atomic E-state index is 13.4. The average molecular weight is 510 g/mol. The number of benzene rings is 2. The van der Waals surface area contributed by atoms with Gasteiger partial charge in [-0.1, -0.05) is 6.07 Å². The number of fused-ring (bicyclic) bond motifs is 2. The van der Waals surface area contributed by atoms with Crippen molar-refractivity contribution in [3.8, 4) is 11.1 Å². The van der Waals surface area contributed by atoms with E-state index in [1.807, 2.05) is 12.1 Å². The molecule has 1 fully saturated rings. The van der Waals surface area contributed by atoms with Crippen LogP contribution in [-0.2, 0) is 16.1 Å². The highest BCUT2D eigenvalue weighted by molar-refractivity contribution is 6.05. The molecule has 0 spiro atoms. The highest BCUT2D eigenvalue weighted by atomic mass is 16.2. The Labute approximate surface area is 215 Å². The standard InChI is InChI=1S/C26H23N9O3/c27-25(37)24-19-10-15(16-7-8-28-29-12-16)4-6-21(19)35(33-24)14-23(36)34-9-1-2-22(34)26(38)31-18-5-3-17-13-30-32-20(17)11-18/h3-8,10-13,22H,1-2,9,14H2,(H2,27,37)(H,30,32)(H,31,38)/t22-/m0/s1. The second-order valence-electron chi connectivity index (χ2n) is 9.14. The molecule has 12 heteroatoms. The summed E-state index contributed by atoms with van der Waals surface area (Å²) in [5, 5.41) is 23.3. The van der Waals surface area contributed by atoms with Gasteiger partial charge < -0.3 is 16.0 Å². The van der Waals surface area contributed by atoms with E-state index < -0.39 is 11.9 Å². The number of hydrogen-bond donors (Lipinski definition) is 3. The number of amides is 3. The van der Waals surface area contributed by atoms with Gasteiger partial charge in [0.25, 0.3) is 5.91 Å². The van der Waals surface area contributed by atoms with Crippen LogP contribution in [0.1, 0.15) is 23.3 Å². The summed E-state index contributed by atoms with van der Waals surface area (Å²) in [4.78, 5) is 40.2. The number of carbonyl (C=O) groups excluding carboxylic acids is 3. The summed E-state index contributed by atoms with van der Waals surface area (Å²) in [6.07, 6.45) is 6.16. The van der Waals surface area contributed by atoms with Gasteiger partial charge in [-0.15, -0.1) is 0 Å². The van der Waals surface area contributed by atoms with Crippen LogP contribution in [0.2, 0.25) is 0 Å². The van der Waals surface area contributed by atoms with Gasteiger partial charge in [0.2, 0.25) is 11.8 Å². The van der Waals surface area contributed by atoms with Crippen molar-refractivity contribution in [2.45, 2.75) is 25.4 Å². The smallest absolute Gasteiger partial charge is 0.269 e. The molecule has 3 aromatic heterocycles. The molecule has 0 unspecified atom stereocenters. The Kier molecular flexibility index (Phi) is 5.75. The van der Waals surface area contributed by atoms with Crippen LogP contribution in [0.5, 0.6) is 0 Å². The van der Waals surface area contributed by atoms with Crippen molar-refractivity contribution < 1.29 is 14.4 Å². The summed E-state index contributed by atoms with van der Waals surface area (Å²) < 4.78 is 1.46. The van der Waals surface area contributed by atoms with Crippen LogP contribution >= 0.6 is 0 Å². The minimum absolute atomic E-state index is 0.0709. The molecule has 0 aliphatic carbocycles. The van der Waals surface area contributed by atoms with Crippen molar-refractivity contribution in [2.24, 2.45) is 5.73 Å². The zero-order chi connectivity index (χ0) is 26.2. The zero-order valence-corrected chi connectivity index (χ0v) is 20.2. The Morgan fingerprint density at radius 1 is 1.05 bits per heavy atom. The molecule has 2 aromatic carbocycles. The first kappa shape index (κ1) is 23.3. The van der Waals surface area contributed by atoms with Gasteiger partial charge in [-0.05, 0) is 54.8 Å². The van der Waals surface area contributed by atoms with E-state index in [-0.39, 0.29) is 24.1 Å². The molecule has 1 saturated heterocycles. The van der Waals surface area contributed by atoms with Gasteiger partial charge in [-0.2, -0.15) is 20.4 Å². The lowest BCUT2D eigenvalue weighted by molar-refractivity contribution is -0.137. The molecular formula is C26H23N9O3. The number of anilines is 1. The van der Waals surface area contributed by atoms with Crippen molar-refractivity contribution in [1.82, 2.24) is 35.1 Å². The van der Waals surface area contributed by atoms with Gasteiger partial charge in [-0.25, -0.2) is 0 Å². The lowest BCUT2D eigenvalue weighted by Gasteiger charge is -2.24. The van der Waals surface area contributed by atoms with Crippen molar-refractivity contribution in [3.63, 3.8) is 0 Å². The maximum atomic E-state index is 13.4. The molecule has 190 valence electrons. The summed E-state index contributed by atoms with van der Waals surface area (Å²) in [6.45, 7) is 0.321. The highest BCUT2D eigenvalue weighted by Crippen LogP contribution is 2.27. The van der Waals surface area contributed by atoms with Gasteiger partial charge in [0.15, 0.2) is 5.69 Å². The van der Waals surface area contributed by atoms with Crippen LogP contribution in [-0.4, -0.2) is 65.4 Å². The van der Waals surface area contributed by atoms with E-state index in [0.29, 0.717) is 36.0 Å². The molecule has 38 heavy (non-hydrogen) atoms. The first-order valence-electron chi connectivity index (χ1n) is 12.1. The van der Waals surface area contributed by atoms with E-state index in [1.54, 1.807) is 53.8 Å². The minimum atomic E-state index is -0.695. The number of nitrogens with one attached hydrogen (secondary N) is 2. The number of rotatable bonds is 6. The summed E-state index contributed by atoms with van der Waals surface area (Å²) in [5.41, 5.74) is 9.32. The Morgan fingerprint density at radius 3 is 2.76 bits per heavy atom. The molecule has 1 atom stereocenters. The highest BCUT2D eigenvalue weighted by Gasteiger charge is 2.34. The SMILES string of the molecule is NC(=O)c1nn(CC(=O)N2CCC[C@H]2C(=O)Nc2ccc3cn[nH]c3c2)c2ccc(-c3ccnnc3)cc12. The average Bonchev–Trinajstić information content (AvgIpc) is 3.67. The molecule has 0 radical (unpaired) electrons. The lowest BCUT2D eigenvalue weighted by atomic mass is 10.0. The van der Waals surface area contributed by atoms with Crippen LogP contribution in [0.25, 0.3) is 32.9 Å². The van der Waals surface area contributed by atoms with E-state index in [9.17, 15) is 14.4 Å². The number of aromatic amines is 1. The first-order chi connectivity index (χ1) is 18.5. The number of primary amides is 1. The molecule has 12 nitrogen and oxygen atoms in total. The van der Waals surface area contributed by atoms with Crippen LogP contribution in [0, 0.1) is 0 Å². The largest absolute Gasteiger partial charge is 0.364 e. The fourth-order valence-corrected chi connectivity index (χ4v) is 4.92. The quantitative estimate of drug-likeness (QED) is 0.315. The van der Waals surface area contributed by atoms with Crippen LogP contribution < -0.4 is 11.1 Å². The van der Waals surface area contributed by atoms with E-state index >= 15 is 0 Å². The van der Waals surface area contributed by atoms with Gasteiger partial charge >= 0.3 is 0 Å². The Balaban J connectivity index is 1.23. The normalized spacial score (nSPS) is 15.3. The Morgan fingerprint density at radius 2 is 1.95 bits per heavy atom. The molecule has 1 aliphatic heterocycles. The van der Waals surface area contributed by atoms with E-state index in [1.165, 1.54) is 4.68 Å². The fourth-order valence-electron chi connectivity index (χ4n) is 4.92. The molecule has 6 rings (SSSR count). The van der Waals surface area contributed by atoms with E-state index in [0.717, 1.165) is 22.0 Å². The fraction of sp³-hybridized carbons (Fsp3) is 0.192. The molecule has 3 amide bonds. The number of likely N-dealkylation sites (tertiary alicyclic amines) is 1. The Bertz CT molecular complexity index is 1690. The molecule has 0 saturated carbocycles. The summed E-state index contributed by atoms with van der Waals surface area (Å²) in [5.74, 6) is -1.22. The number of carbonyl (C=O) groups is 3. The summed E-state index contributed by atoms with van der Waals surface area (Å²) >= 11 is 0. The zero-order valence-electron chi connectivity index (χ0n) is 20.2. The Hall–Kier alpha value is -5.13. The van der Waals surface area contributed by atoms with Gasteiger partial charge in [0.05, 0.1) is 29.6 Å². The van der Waals surface area contributed by atoms with Gasteiger partial charge in [0, 0.05) is 28.6 Å². The number of aromatic nitrogens is 6. The van der Waals surface area contributed by atoms with Crippen molar-refractivity contribution in [1.29, 1.82) is 0 Å². The van der Waals surface area contributed by atoms with E-state index in [4.69, 9.17) is 5.73 Å². The number of hydrogen-bond acceptors (Lipinski definition) is 7. The molecule has 4 heterocycles. The first-order valence-corrected chi connectivity index (χ1v) is 12.1. The predicted molar refractivity (Wildman–Crippen MR) is 139 cm³/mol. The maximum Gasteiger partial charge on any atom is 0.269 e. The predicted octanol–water partition coefficient (Wildman–Crippen LogP) is 2.10. The van der Waals surface area contributed by atoms with Crippen molar-refractivity contribution in [3.05, 3.63) is 66.7 Å². The van der Waals surface area contributed by atoms with Crippen molar-refractivity contribution in [2.75, 3.05) is 11.9 Å². The second kappa shape index (κ2) is 9.39. The van der Waals surface area contributed by atoms with Crippen LogP contribution in [0.4, 0.5) is 5.69 Å². The number of nitrogens with two attached hydrogens (primary N) is 1. The van der Waals surface area contributed by atoms with Crippen molar-refractivity contribution >= 4 is 45.2 Å². The third-order valence-corrected chi connectivity index (χ3v) is 6.77. The number of nitrogens with zero attached hydrogens (tertiary/aromatic N) is 6. The molecule has 1 aliphatic rings. The third kappa shape index (κ3) is 4.21. The molecule has 5 aromatic rings. The van der Waals surface area contributed by atoms with Gasteiger partial charge in [-0.3, -0.25) is 24.2 Å². The van der Waals surface area contributed by atoms with Crippen LogP contribution in [0.3, 0.4) is 0 Å². The van der Waals surface area contributed by atoms with E-state index in [2.05, 4.69) is 30.8 Å². The monoisotopic (exact) mass is 509 g/mol. The van der Waals surface area contributed by atoms with Crippen LogP contribution in [0.15, 0.2) is 61.1 Å². The minimum Gasteiger partial charge on any atom is -0.364 e. The topological polar surface area (TPSA) is 165 Å². The summed E-state index contributed by atoms with van der Waals surface area (Å²) in [7, 11) is 0. The summed E-state index contributed by atoms with van der Waals surface area (Å²) in [6, 6.07) is 12.1. The molecule has 4 N–H and O–H groups in total.